The topological polar surface area (TPSA) is 115 Å². The van der Waals surface area contributed by atoms with Crippen LogP contribution in [0, 0.1) is 11.3 Å². The highest BCUT2D eigenvalue weighted by molar-refractivity contribution is 5.89. The zero-order valence-electron chi connectivity index (χ0n) is 20.1. The number of alkyl halides is 3. The van der Waals surface area contributed by atoms with E-state index in [0.29, 0.717) is 28.8 Å². The van der Waals surface area contributed by atoms with E-state index >= 15 is 0 Å². The first-order valence-corrected chi connectivity index (χ1v) is 11.3. The Bertz CT molecular complexity index is 1590. The monoisotopic (exact) mass is 510 g/mol. The van der Waals surface area contributed by atoms with Crippen molar-refractivity contribution in [1.29, 1.82) is 5.26 Å². The molecule has 190 valence electrons. The van der Waals surface area contributed by atoms with Gasteiger partial charge >= 0.3 is 6.18 Å². The third-order valence-corrected chi connectivity index (χ3v) is 6.10. The van der Waals surface area contributed by atoms with Gasteiger partial charge in [-0.3, -0.25) is 14.0 Å². The number of hydrogen-bond acceptors (Lipinski definition) is 8. The molecule has 0 bridgehead atoms. The zero-order valence-corrected chi connectivity index (χ0v) is 20.1. The maximum Gasteiger partial charge on any atom is 0.449 e. The number of aromatic nitrogens is 6. The molecule has 10 nitrogen and oxygen atoms in total. The smallest absolute Gasteiger partial charge is 0.367 e. The highest BCUT2D eigenvalue weighted by Gasteiger charge is 2.37. The van der Waals surface area contributed by atoms with Crippen LogP contribution in [0.2, 0.25) is 0 Å². The number of fused-ring (bicyclic) bond motifs is 1. The number of rotatable bonds is 3. The van der Waals surface area contributed by atoms with Crippen LogP contribution in [0.5, 0.6) is 0 Å². The Morgan fingerprint density at radius 2 is 1.81 bits per heavy atom. The lowest BCUT2D eigenvalue weighted by Gasteiger charge is -2.36. The van der Waals surface area contributed by atoms with Crippen molar-refractivity contribution >= 4 is 17.0 Å². The van der Waals surface area contributed by atoms with Gasteiger partial charge in [-0.1, -0.05) is 12.1 Å². The van der Waals surface area contributed by atoms with Gasteiger partial charge in [0, 0.05) is 38.0 Å². The molecule has 1 aliphatic heterocycles. The molecule has 0 amide bonds. The molecule has 0 unspecified atom stereocenters. The van der Waals surface area contributed by atoms with E-state index in [2.05, 4.69) is 20.1 Å². The average Bonchev–Trinajstić information content (AvgIpc) is 3.31. The number of anilines is 1. The number of aryl methyl sites for hydroxylation is 1. The summed E-state index contributed by atoms with van der Waals surface area (Å²) >= 11 is 0. The summed E-state index contributed by atoms with van der Waals surface area (Å²) in [7, 11) is 2.80. The van der Waals surface area contributed by atoms with Crippen molar-refractivity contribution in [2.24, 2.45) is 14.1 Å². The molecular weight excluding hydrogens is 489 g/mol. The molecule has 1 aliphatic rings. The van der Waals surface area contributed by atoms with Crippen LogP contribution in [0.15, 0.2) is 41.5 Å². The molecule has 2 atom stereocenters. The van der Waals surface area contributed by atoms with Gasteiger partial charge in [-0.15, -0.1) is 0 Å². The van der Waals surface area contributed by atoms with E-state index in [0.717, 1.165) is 12.6 Å². The minimum atomic E-state index is -4.86. The van der Waals surface area contributed by atoms with E-state index in [1.54, 1.807) is 30.1 Å². The van der Waals surface area contributed by atoms with Gasteiger partial charge < -0.3 is 9.64 Å². The summed E-state index contributed by atoms with van der Waals surface area (Å²) in [5, 5.41) is 13.3. The Balaban J connectivity index is 1.70. The van der Waals surface area contributed by atoms with E-state index in [-0.39, 0.29) is 34.9 Å². The number of hydrogen-bond donors (Lipinski definition) is 0. The lowest BCUT2D eigenvalue weighted by molar-refractivity contribution is -0.147. The average molecular weight is 510 g/mol. The van der Waals surface area contributed by atoms with E-state index < -0.39 is 17.6 Å². The fourth-order valence-electron chi connectivity index (χ4n) is 4.34. The van der Waals surface area contributed by atoms with Crippen molar-refractivity contribution in [2.75, 3.05) is 18.0 Å². The summed E-state index contributed by atoms with van der Waals surface area (Å²) < 4.78 is 49.2. The van der Waals surface area contributed by atoms with Crippen LogP contribution in [0.4, 0.5) is 19.1 Å². The molecule has 0 saturated carbocycles. The van der Waals surface area contributed by atoms with E-state index in [4.69, 9.17) is 10.00 Å². The van der Waals surface area contributed by atoms with Crippen LogP contribution in [0.1, 0.15) is 30.0 Å². The first-order valence-electron chi connectivity index (χ1n) is 11.3. The van der Waals surface area contributed by atoms with Crippen molar-refractivity contribution in [3.05, 3.63) is 64.0 Å². The second-order valence-corrected chi connectivity index (χ2v) is 8.84. The third-order valence-electron chi connectivity index (χ3n) is 6.10. The van der Waals surface area contributed by atoms with Crippen molar-refractivity contribution in [3.8, 4) is 17.3 Å². The molecule has 1 saturated heterocycles. The molecule has 1 aromatic carbocycles. The first kappa shape index (κ1) is 24.4. The van der Waals surface area contributed by atoms with Crippen LogP contribution in [0.3, 0.4) is 0 Å². The summed E-state index contributed by atoms with van der Waals surface area (Å²) in [6, 6.07) is 8.14. The summed E-state index contributed by atoms with van der Waals surface area (Å²) in [6.07, 6.45) is -1.92. The molecule has 1 fully saturated rings. The molecule has 0 spiro atoms. The van der Waals surface area contributed by atoms with Gasteiger partial charge in [-0.25, -0.2) is 15.0 Å². The molecule has 0 radical (unpaired) electrons. The Kier molecular flexibility index (Phi) is 5.91. The van der Waals surface area contributed by atoms with Gasteiger partial charge in [0.15, 0.2) is 5.52 Å². The minimum absolute atomic E-state index is 0.0600. The highest BCUT2D eigenvalue weighted by Crippen LogP contribution is 2.33. The molecule has 3 aromatic heterocycles. The third kappa shape index (κ3) is 4.51. The molecule has 4 heterocycles. The lowest BCUT2D eigenvalue weighted by atomic mass is 10.1. The molecule has 0 aliphatic carbocycles. The molecule has 5 rings (SSSR count). The second kappa shape index (κ2) is 8.97. The van der Waals surface area contributed by atoms with Crippen LogP contribution >= 0.6 is 0 Å². The summed E-state index contributed by atoms with van der Waals surface area (Å²) in [6.45, 7) is 2.61. The number of ether oxygens (including phenoxy) is 1. The van der Waals surface area contributed by atoms with Gasteiger partial charge in [0.1, 0.15) is 17.3 Å². The number of benzene rings is 1. The SMILES string of the molecule is C[C@@H]1CN(c2nc(-c3ccc(C#N)cc3)c3nc(C(F)(F)F)n(C)c(=O)c3n2)C[C@H](c2cnn(C)c2)O1. The fraction of sp³-hybridized carbons (Fsp3) is 0.333. The van der Waals surface area contributed by atoms with Crippen molar-refractivity contribution in [3.63, 3.8) is 0 Å². The van der Waals surface area contributed by atoms with E-state index in [1.165, 1.54) is 12.1 Å². The Labute approximate surface area is 208 Å². The largest absolute Gasteiger partial charge is 0.449 e. The summed E-state index contributed by atoms with van der Waals surface area (Å²) in [5.74, 6) is -1.19. The quantitative estimate of drug-likeness (QED) is 0.413. The highest BCUT2D eigenvalue weighted by atomic mass is 19.4. The minimum Gasteiger partial charge on any atom is -0.367 e. The zero-order chi connectivity index (χ0) is 26.5. The maximum absolute atomic E-state index is 13.7. The van der Waals surface area contributed by atoms with Crippen molar-refractivity contribution in [1.82, 2.24) is 29.3 Å². The van der Waals surface area contributed by atoms with E-state index in [1.807, 2.05) is 24.1 Å². The normalized spacial score (nSPS) is 18.2. The number of morpholine rings is 1. The molecule has 13 heteroatoms. The summed E-state index contributed by atoms with van der Waals surface area (Å²) in [4.78, 5) is 27.7. The first-order chi connectivity index (χ1) is 17.5. The van der Waals surface area contributed by atoms with Gasteiger partial charge in [0.2, 0.25) is 11.8 Å². The number of nitrogens with zero attached hydrogens (tertiary/aromatic N) is 8. The Morgan fingerprint density at radius 3 is 2.43 bits per heavy atom. The summed E-state index contributed by atoms with van der Waals surface area (Å²) in [5.41, 5.74) is 0.214. The molecular formula is C24H21F3N8O2. The maximum atomic E-state index is 13.7. The van der Waals surface area contributed by atoms with Crippen LogP contribution in [0.25, 0.3) is 22.3 Å². The molecule has 4 aromatic rings. The second-order valence-electron chi connectivity index (χ2n) is 8.84. The van der Waals surface area contributed by atoms with Crippen molar-refractivity contribution < 1.29 is 17.9 Å². The van der Waals surface area contributed by atoms with Crippen molar-refractivity contribution in [2.45, 2.75) is 25.3 Å². The Morgan fingerprint density at radius 1 is 1.08 bits per heavy atom. The fourth-order valence-corrected chi connectivity index (χ4v) is 4.34. The predicted molar refractivity (Wildman–Crippen MR) is 126 cm³/mol. The van der Waals surface area contributed by atoms with Gasteiger partial charge in [-0.2, -0.15) is 23.5 Å². The van der Waals surface area contributed by atoms with Gasteiger partial charge in [0.05, 0.1) is 30.5 Å². The van der Waals surface area contributed by atoms with E-state index in [9.17, 15) is 18.0 Å². The van der Waals surface area contributed by atoms with Gasteiger partial charge in [-0.05, 0) is 19.1 Å². The predicted octanol–water partition coefficient (Wildman–Crippen LogP) is 2.98. The van der Waals surface area contributed by atoms with Crippen LogP contribution < -0.4 is 10.5 Å². The molecule has 37 heavy (non-hydrogen) atoms. The molecule has 0 N–H and O–H groups in total. The lowest BCUT2D eigenvalue weighted by Crippen LogP contribution is -2.44. The van der Waals surface area contributed by atoms with Gasteiger partial charge in [0.25, 0.3) is 5.56 Å². The number of halogens is 3. The standard InChI is InChI=1S/C24H21F3N8O2/c1-13-10-35(12-17(37-13)16-9-29-33(2)11-16)23-31-18(15-6-4-14(8-28)5-7-15)19-20(32-23)21(36)34(3)22(30-19)24(25,26)27/h4-7,9,11,13,17H,10,12H2,1-3H3/t13-,17-/m1/s1. The Hall–Kier alpha value is -4.31. The number of nitriles is 1. The van der Waals surface area contributed by atoms with Crippen LogP contribution in [-0.4, -0.2) is 48.5 Å². The van der Waals surface area contributed by atoms with Crippen LogP contribution in [-0.2, 0) is 25.0 Å².